The van der Waals surface area contributed by atoms with Crippen LogP contribution in [-0.2, 0) is 19.3 Å². The highest BCUT2D eigenvalue weighted by Gasteiger charge is 2.41. The van der Waals surface area contributed by atoms with Crippen molar-refractivity contribution in [3.05, 3.63) is 71.3 Å². The molecular formula is C15H14Cl2O2S. The van der Waals surface area contributed by atoms with Crippen LogP contribution >= 0.6 is 23.2 Å². The third-order valence-corrected chi connectivity index (χ3v) is 6.56. The van der Waals surface area contributed by atoms with Crippen LogP contribution in [0.5, 0.6) is 0 Å². The highest BCUT2D eigenvalue weighted by molar-refractivity contribution is 7.94. The molecule has 0 amide bonds. The van der Waals surface area contributed by atoms with Crippen molar-refractivity contribution < 1.29 is 8.42 Å². The van der Waals surface area contributed by atoms with Crippen molar-refractivity contribution >= 4 is 33.0 Å². The number of aryl methyl sites for hydroxylation is 1. The first-order valence-electron chi connectivity index (χ1n) is 6.04. The van der Waals surface area contributed by atoms with Gasteiger partial charge in [-0.1, -0.05) is 83.4 Å². The first-order valence-corrected chi connectivity index (χ1v) is 8.45. The molecule has 0 aliphatic rings. The lowest BCUT2D eigenvalue weighted by Gasteiger charge is -2.20. The lowest BCUT2D eigenvalue weighted by Crippen LogP contribution is -2.25. The Morgan fingerprint density at radius 3 is 2.05 bits per heavy atom. The van der Waals surface area contributed by atoms with E-state index in [-0.39, 0.29) is 5.75 Å². The summed E-state index contributed by atoms with van der Waals surface area (Å²) in [6, 6.07) is 15.7. The van der Waals surface area contributed by atoms with E-state index in [9.17, 15) is 8.42 Å². The molecule has 0 aliphatic heterocycles. The maximum Gasteiger partial charge on any atom is 0.243 e. The molecule has 0 atom stereocenters. The normalized spacial score (nSPS) is 12.3. The second kappa shape index (κ2) is 5.76. The Morgan fingerprint density at radius 1 is 0.950 bits per heavy atom. The largest absolute Gasteiger partial charge is 0.243 e. The van der Waals surface area contributed by atoms with E-state index in [4.69, 9.17) is 23.2 Å². The van der Waals surface area contributed by atoms with Gasteiger partial charge in [0.25, 0.3) is 0 Å². The van der Waals surface area contributed by atoms with E-state index in [1.807, 2.05) is 13.0 Å². The van der Waals surface area contributed by atoms with Crippen LogP contribution in [-0.4, -0.2) is 8.42 Å². The molecule has 0 heterocycles. The fourth-order valence-corrected chi connectivity index (χ4v) is 3.70. The fourth-order valence-electron chi connectivity index (χ4n) is 1.81. The minimum atomic E-state index is -3.75. The SMILES string of the molecule is Cc1ccc(C(Cl)(Cl)S(=O)(=O)Cc2ccccc2)cc1. The molecular weight excluding hydrogens is 315 g/mol. The van der Waals surface area contributed by atoms with Crippen LogP contribution in [0.1, 0.15) is 16.7 Å². The van der Waals surface area contributed by atoms with Crippen molar-refractivity contribution in [2.75, 3.05) is 0 Å². The molecule has 5 heteroatoms. The molecule has 0 N–H and O–H groups in total. The fraction of sp³-hybridized carbons (Fsp3) is 0.200. The van der Waals surface area contributed by atoms with Gasteiger partial charge < -0.3 is 0 Å². The van der Waals surface area contributed by atoms with Gasteiger partial charge in [0, 0.05) is 5.56 Å². The van der Waals surface area contributed by atoms with Gasteiger partial charge in [-0.2, -0.15) is 0 Å². The maximum atomic E-state index is 12.4. The summed E-state index contributed by atoms with van der Waals surface area (Å²) in [4.78, 5) is 0. The number of hydrogen-bond donors (Lipinski definition) is 0. The Kier molecular flexibility index (Phi) is 4.43. The number of sulfone groups is 1. The van der Waals surface area contributed by atoms with Gasteiger partial charge in [0.15, 0.2) is 9.84 Å². The van der Waals surface area contributed by atoms with Crippen LogP contribution in [0.4, 0.5) is 0 Å². The summed E-state index contributed by atoms with van der Waals surface area (Å²) >= 11 is 12.3. The molecule has 2 aromatic carbocycles. The van der Waals surface area contributed by atoms with Gasteiger partial charge >= 0.3 is 0 Å². The number of benzene rings is 2. The Labute approximate surface area is 129 Å². The average Bonchev–Trinajstić information content (AvgIpc) is 2.39. The number of rotatable bonds is 4. The zero-order valence-corrected chi connectivity index (χ0v) is 13.2. The van der Waals surface area contributed by atoms with Crippen LogP contribution in [0, 0.1) is 6.92 Å². The van der Waals surface area contributed by atoms with Crippen LogP contribution in [0.3, 0.4) is 0 Å². The summed E-state index contributed by atoms with van der Waals surface area (Å²) in [5.74, 6) is -0.200. The predicted molar refractivity (Wildman–Crippen MR) is 83.6 cm³/mol. The Morgan fingerprint density at radius 2 is 1.50 bits per heavy atom. The first kappa shape index (κ1) is 15.4. The summed E-state index contributed by atoms with van der Waals surface area (Å²) < 4.78 is 22.9. The van der Waals surface area contributed by atoms with Crippen molar-refractivity contribution in [3.8, 4) is 0 Å². The summed E-state index contributed by atoms with van der Waals surface area (Å²) in [6.07, 6.45) is 0. The van der Waals surface area contributed by atoms with Gasteiger partial charge in [0.2, 0.25) is 3.67 Å². The minimum absolute atomic E-state index is 0.200. The van der Waals surface area contributed by atoms with Crippen LogP contribution < -0.4 is 0 Å². The summed E-state index contributed by atoms with van der Waals surface area (Å²) in [6.45, 7) is 1.91. The van der Waals surface area contributed by atoms with E-state index in [0.717, 1.165) is 5.56 Å². The van der Waals surface area contributed by atoms with E-state index in [1.165, 1.54) is 0 Å². The average molecular weight is 329 g/mol. The van der Waals surface area contributed by atoms with Gasteiger partial charge in [0.1, 0.15) is 0 Å². The first-order chi connectivity index (χ1) is 9.33. The zero-order chi connectivity index (χ0) is 14.8. The summed E-state index contributed by atoms with van der Waals surface area (Å²) in [5, 5.41) is 0. The molecule has 20 heavy (non-hydrogen) atoms. The van der Waals surface area contributed by atoms with E-state index < -0.39 is 13.5 Å². The number of hydrogen-bond acceptors (Lipinski definition) is 2. The highest BCUT2D eigenvalue weighted by atomic mass is 35.5. The predicted octanol–water partition coefficient (Wildman–Crippen LogP) is 4.20. The van der Waals surface area contributed by atoms with Crippen molar-refractivity contribution in [1.29, 1.82) is 0 Å². The highest BCUT2D eigenvalue weighted by Crippen LogP contribution is 2.41. The lowest BCUT2D eigenvalue weighted by molar-refractivity contribution is 0.589. The molecule has 0 spiro atoms. The van der Waals surface area contributed by atoms with E-state index in [0.29, 0.717) is 11.1 Å². The molecule has 2 aromatic rings. The Balaban J connectivity index is 2.34. The maximum absolute atomic E-state index is 12.4. The second-order valence-electron chi connectivity index (χ2n) is 4.63. The quantitative estimate of drug-likeness (QED) is 0.788. The van der Waals surface area contributed by atoms with Gasteiger partial charge in [-0.3, -0.25) is 0 Å². The van der Waals surface area contributed by atoms with Crippen molar-refractivity contribution in [2.24, 2.45) is 0 Å². The molecule has 0 fully saturated rings. The third-order valence-electron chi connectivity index (χ3n) is 2.98. The molecule has 0 unspecified atom stereocenters. The molecule has 106 valence electrons. The number of alkyl halides is 2. The van der Waals surface area contributed by atoms with E-state index >= 15 is 0 Å². The Hall–Kier alpha value is -1.03. The molecule has 0 saturated heterocycles. The van der Waals surface area contributed by atoms with Gasteiger partial charge in [-0.05, 0) is 12.5 Å². The second-order valence-corrected chi connectivity index (χ2v) is 8.53. The summed E-state index contributed by atoms with van der Waals surface area (Å²) in [7, 11) is -3.75. The molecule has 0 bridgehead atoms. The minimum Gasteiger partial charge on any atom is -0.225 e. The molecule has 0 saturated carbocycles. The standard InChI is InChI=1S/C15H14Cl2O2S/c1-12-7-9-14(10-8-12)15(16,17)20(18,19)11-13-5-3-2-4-6-13/h2-10H,11H2,1H3. The number of halogens is 2. The van der Waals surface area contributed by atoms with E-state index in [2.05, 4.69) is 0 Å². The van der Waals surface area contributed by atoms with Crippen LogP contribution in [0.25, 0.3) is 0 Å². The van der Waals surface area contributed by atoms with Gasteiger partial charge in [0.05, 0.1) is 5.75 Å². The molecule has 2 rings (SSSR count). The smallest absolute Gasteiger partial charge is 0.225 e. The zero-order valence-electron chi connectivity index (χ0n) is 10.9. The Bertz CT molecular complexity index is 678. The van der Waals surface area contributed by atoms with Crippen molar-refractivity contribution in [1.82, 2.24) is 0 Å². The molecule has 0 aromatic heterocycles. The molecule has 2 nitrogen and oxygen atoms in total. The summed E-state index contributed by atoms with van der Waals surface area (Å²) in [5.41, 5.74) is 2.03. The third kappa shape index (κ3) is 3.17. The van der Waals surface area contributed by atoms with Crippen LogP contribution in [0.15, 0.2) is 54.6 Å². The van der Waals surface area contributed by atoms with Crippen molar-refractivity contribution in [3.63, 3.8) is 0 Å². The lowest BCUT2D eigenvalue weighted by atomic mass is 10.2. The van der Waals surface area contributed by atoms with Crippen molar-refractivity contribution in [2.45, 2.75) is 16.3 Å². The topological polar surface area (TPSA) is 34.1 Å². The van der Waals surface area contributed by atoms with Gasteiger partial charge in [-0.25, -0.2) is 8.42 Å². The van der Waals surface area contributed by atoms with Crippen LogP contribution in [0.2, 0.25) is 0 Å². The van der Waals surface area contributed by atoms with E-state index in [1.54, 1.807) is 48.5 Å². The molecule has 0 radical (unpaired) electrons. The van der Waals surface area contributed by atoms with Gasteiger partial charge in [-0.15, -0.1) is 0 Å². The monoisotopic (exact) mass is 328 g/mol. The molecule has 0 aliphatic carbocycles.